The van der Waals surface area contributed by atoms with Crippen LogP contribution in [0.15, 0.2) is 42.5 Å². The van der Waals surface area contributed by atoms with E-state index in [0.29, 0.717) is 11.3 Å². The monoisotopic (exact) mass is 201 g/mol. The van der Waals surface area contributed by atoms with Crippen LogP contribution in [-0.2, 0) is 0 Å². The van der Waals surface area contributed by atoms with E-state index in [4.69, 9.17) is 5.73 Å². The van der Waals surface area contributed by atoms with Gasteiger partial charge in [-0.3, -0.25) is 0 Å². The van der Waals surface area contributed by atoms with Gasteiger partial charge in [-0.15, -0.1) is 0 Å². The molecule has 0 amide bonds. The van der Waals surface area contributed by atoms with Crippen molar-refractivity contribution in [2.24, 2.45) is 0 Å². The van der Waals surface area contributed by atoms with E-state index in [1.54, 1.807) is 12.1 Å². The molecule has 15 heavy (non-hydrogen) atoms. The van der Waals surface area contributed by atoms with Crippen molar-refractivity contribution >= 4 is 5.69 Å². The maximum Gasteiger partial charge on any atom is 0.131 e. The topological polar surface area (TPSA) is 26.0 Å². The number of nitrogens with two attached hydrogens (primary N) is 1. The Balaban J connectivity index is 2.60. The first kappa shape index (κ1) is 9.71. The molecule has 0 fully saturated rings. The van der Waals surface area contributed by atoms with E-state index in [2.05, 4.69) is 0 Å². The third-order valence-electron chi connectivity index (χ3n) is 2.38. The molecule has 0 aliphatic carbocycles. The summed E-state index contributed by atoms with van der Waals surface area (Å²) in [6, 6.07) is 12.4. The average molecular weight is 201 g/mol. The number of nitrogen functional groups attached to an aromatic ring is 1. The van der Waals surface area contributed by atoms with Gasteiger partial charge in [0.2, 0.25) is 0 Å². The van der Waals surface area contributed by atoms with E-state index >= 15 is 0 Å². The van der Waals surface area contributed by atoms with E-state index in [9.17, 15) is 4.39 Å². The highest BCUT2D eigenvalue weighted by atomic mass is 19.1. The summed E-state index contributed by atoms with van der Waals surface area (Å²) in [5.41, 5.74) is 8.60. The molecule has 0 bridgehead atoms. The lowest BCUT2D eigenvalue weighted by Crippen LogP contribution is -1.92. The van der Waals surface area contributed by atoms with Gasteiger partial charge in [-0.25, -0.2) is 4.39 Å². The quantitative estimate of drug-likeness (QED) is 0.703. The molecule has 2 N–H and O–H groups in total. The zero-order chi connectivity index (χ0) is 10.8. The molecule has 0 aliphatic heterocycles. The van der Waals surface area contributed by atoms with Crippen molar-refractivity contribution in [1.29, 1.82) is 0 Å². The zero-order valence-electron chi connectivity index (χ0n) is 8.50. The summed E-state index contributed by atoms with van der Waals surface area (Å²) in [4.78, 5) is 0. The van der Waals surface area contributed by atoms with Crippen LogP contribution in [0.5, 0.6) is 0 Å². The smallest absolute Gasteiger partial charge is 0.131 e. The van der Waals surface area contributed by atoms with Crippen LogP contribution in [-0.4, -0.2) is 0 Å². The van der Waals surface area contributed by atoms with Gasteiger partial charge in [-0.2, -0.15) is 0 Å². The van der Waals surface area contributed by atoms with Crippen molar-refractivity contribution in [2.45, 2.75) is 6.92 Å². The molecular weight excluding hydrogens is 189 g/mol. The average Bonchev–Trinajstić information content (AvgIpc) is 2.20. The molecule has 2 rings (SSSR count). The summed E-state index contributed by atoms with van der Waals surface area (Å²) in [6.45, 7) is 1.86. The Hall–Kier alpha value is -1.83. The van der Waals surface area contributed by atoms with Gasteiger partial charge in [0, 0.05) is 16.8 Å². The fourth-order valence-electron chi connectivity index (χ4n) is 1.58. The predicted octanol–water partition coefficient (Wildman–Crippen LogP) is 3.38. The summed E-state index contributed by atoms with van der Waals surface area (Å²) >= 11 is 0. The number of rotatable bonds is 1. The largest absolute Gasteiger partial charge is 0.398 e. The van der Waals surface area contributed by atoms with Crippen molar-refractivity contribution < 1.29 is 4.39 Å². The van der Waals surface area contributed by atoms with Gasteiger partial charge in [0.05, 0.1) is 0 Å². The van der Waals surface area contributed by atoms with E-state index in [1.165, 1.54) is 6.07 Å². The van der Waals surface area contributed by atoms with Crippen molar-refractivity contribution in [3.05, 3.63) is 53.8 Å². The van der Waals surface area contributed by atoms with Gasteiger partial charge in [-0.1, -0.05) is 30.3 Å². The van der Waals surface area contributed by atoms with Crippen LogP contribution in [0.2, 0.25) is 0 Å². The molecule has 0 aromatic heterocycles. The normalized spacial score (nSPS) is 10.3. The Kier molecular flexibility index (Phi) is 2.42. The SMILES string of the molecule is Cc1ccc(-c2ccccc2N)c(F)c1. The van der Waals surface area contributed by atoms with E-state index in [1.807, 2.05) is 31.2 Å². The zero-order valence-corrected chi connectivity index (χ0v) is 8.50. The molecule has 0 unspecified atom stereocenters. The van der Waals surface area contributed by atoms with E-state index < -0.39 is 0 Å². The number of aryl methyl sites for hydroxylation is 1. The Labute approximate surface area is 88.4 Å². The molecule has 0 aliphatic rings. The third-order valence-corrected chi connectivity index (χ3v) is 2.38. The van der Waals surface area contributed by atoms with Crippen molar-refractivity contribution in [1.82, 2.24) is 0 Å². The second-order valence-electron chi connectivity index (χ2n) is 3.57. The maximum absolute atomic E-state index is 13.7. The number of anilines is 1. The Morgan fingerprint density at radius 3 is 2.40 bits per heavy atom. The first-order chi connectivity index (χ1) is 7.18. The summed E-state index contributed by atoms with van der Waals surface area (Å²) in [7, 11) is 0. The maximum atomic E-state index is 13.7. The van der Waals surface area contributed by atoms with Crippen LogP contribution >= 0.6 is 0 Å². The van der Waals surface area contributed by atoms with E-state index in [0.717, 1.165) is 11.1 Å². The molecule has 2 aromatic carbocycles. The van der Waals surface area contributed by atoms with Gasteiger partial charge >= 0.3 is 0 Å². The highest BCUT2D eigenvalue weighted by Crippen LogP contribution is 2.28. The molecular formula is C13H12FN. The lowest BCUT2D eigenvalue weighted by atomic mass is 10.0. The van der Waals surface area contributed by atoms with Gasteiger partial charge in [0.25, 0.3) is 0 Å². The van der Waals surface area contributed by atoms with Gasteiger partial charge in [0.15, 0.2) is 0 Å². The van der Waals surface area contributed by atoms with Crippen LogP contribution in [0.3, 0.4) is 0 Å². The van der Waals surface area contributed by atoms with Crippen molar-refractivity contribution in [2.75, 3.05) is 5.73 Å². The first-order valence-corrected chi connectivity index (χ1v) is 4.79. The Morgan fingerprint density at radius 2 is 1.73 bits per heavy atom. The molecule has 76 valence electrons. The van der Waals surface area contributed by atoms with Crippen LogP contribution in [0, 0.1) is 12.7 Å². The van der Waals surface area contributed by atoms with Gasteiger partial charge < -0.3 is 5.73 Å². The van der Waals surface area contributed by atoms with E-state index in [-0.39, 0.29) is 5.82 Å². The second-order valence-corrected chi connectivity index (χ2v) is 3.57. The van der Waals surface area contributed by atoms with Crippen LogP contribution in [0.25, 0.3) is 11.1 Å². The summed E-state index contributed by atoms with van der Waals surface area (Å²) < 4.78 is 13.7. The molecule has 2 aromatic rings. The molecule has 0 saturated heterocycles. The summed E-state index contributed by atoms with van der Waals surface area (Å²) in [5, 5.41) is 0. The predicted molar refractivity (Wildman–Crippen MR) is 61.0 cm³/mol. The summed E-state index contributed by atoms with van der Waals surface area (Å²) in [6.07, 6.45) is 0. The number of benzene rings is 2. The Bertz CT molecular complexity index is 492. The minimum Gasteiger partial charge on any atom is -0.398 e. The number of para-hydroxylation sites is 1. The standard InChI is InChI=1S/C13H12FN/c1-9-6-7-10(12(14)8-9)11-4-2-3-5-13(11)15/h2-8H,15H2,1H3. The third kappa shape index (κ3) is 1.84. The highest BCUT2D eigenvalue weighted by Gasteiger charge is 2.07. The number of hydrogen-bond acceptors (Lipinski definition) is 1. The molecule has 0 atom stereocenters. The highest BCUT2D eigenvalue weighted by molar-refractivity contribution is 5.76. The molecule has 0 saturated carbocycles. The fraction of sp³-hybridized carbons (Fsp3) is 0.0769. The Morgan fingerprint density at radius 1 is 1.00 bits per heavy atom. The summed E-state index contributed by atoms with van der Waals surface area (Å²) in [5.74, 6) is -0.229. The van der Waals surface area contributed by atoms with Gasteiger partial charge in [0.1, 0.15) is 5.82 Å². The molecule has 0 spiro atoms. The van der Waals surface area contributed by atoms with Crippen LogP contribution in [0.4, 0.5) is 10.1 Å². The molecule has 0 radical (unpaired) electrons. The first-order valence-electron chi connectivity index (χ1n) is 4.79. The lowest BCUT2D eigenvalue weighted by Gasteiger charge is -2.07. The van der Waals surface area contributed by atoms with Crippen LogP contribution < -0.4 is 5.73 Å². The number of hydrogen-bond donors (Lipinski definition) is 1. The molecule has 2 heteroatoms. The second kappa shape index (κ2) is 3.73. The minimum absolute atomic E-state index is 0.229. The lowest BCUT2D eigenvalue weighted by molar-refractivity contribution is 0.630. The van der Waals surface area contributed by atoms with Gasteiger partial charge in [-0.05, 0) is 24.6 Å². The van der Waals surface area contributed by atoms with Crippen molar-refractivity contribution in [3.63, 3.8) is 0 Å². The number of halogens is 1. The fourth-order valence-corrected chi connectivity index (χ4v) is 1.58. The van der Waals surface area contributed by atoms with Crippen LogP contribution in [0.1, 0.15) is 5.56 Å². The molecule has 1 nitrogen and oxygen atoms in total. The molecule has 0 heterocycles. The minimum atomic E-state index is -0.229. The van der Waals surface area contributed by atoms with Crippen molar-refractivity contribution in [3.8, 4) is 11.1 Å².